The number of fused-ring (bicyclic) bond motifs is 3. The molecule has 0 unspecified atom stereocenters. The molecule has 0 N–H and O–H groups in total. The average Bonchev–Trinajstić information content (AvgIpc) is 3.65. The standard InChI is InChI=1S/C44H44N2/c1-29(2)33-22-16-23-34(30(3)4)41(33)46-26-25-45-42(46)37-27-36-35-21-14-15-24-38(35)44(31-17-10-8-11-18-31,32-19-12-9-13-20-32)40(36)28-39(37)43(5,6)7/h8-30H,1-7H3. The van der Waals surface area contributed by atoms with E-state index in [4.69, 9.17) is 4.98 Å². The third-order valence-corrected chi connectivity index (χ3v) is 9.87. The number of nitrogens with zero attached hydrogens (tertiary/aromatic N) is 2. The number of hydrogen-bond donors (Lipinski definition) is 0. The second kappa shape index (κ2) is 11.3. The minimum Gasteiger partial charge on any atom is -0.299 e. The van der Waals surface area contributed by atoms with Crippen molar-refractivity contribution in [2.75, 3.05) is 0 Å². The van der Waals surface area contributed by atoms with Crippen LogP contribution in [0.25, 0.3) is 28.2 Å². The first kappa shape index (κ1) is 30.0. The summed E-state index contributed by atoms with van der Waals surface area (Å²) in [6.45, 7) is 16.2. The molecule has 2 nitrogen and oxygen atoms in total. The Labute approximate surface area is 274 Å². The molecule has 2 heteroatoms. The molecule has 0 radical (unpaired) electrons. The van der Waals surface area contributed by atoms with E-state index in [9.17, 15) is 0 Å². The summed E-state index contributed by atoms with van der Waals surface area (Å²) in [5.41, 5.74) is 13.7. The summed E-state index contributed by atoms with van der Waals surface area (Å²) in [7, 11) is 0. The molecule has 0 saturated heterocycles. The first-order valence-corrected chi connectivity index (χ1v) is 16.7. The van der Waals surface area contributed by atoms with Gasteiger partial charge in [-0.25, -0.2) is 4.98 Å². The quantitative estimate of drug-likeness (QED) is 0.186. The van der Waals surface area contributed by atoms with Gasteiger partial charge in [0.05, 0.1) is 11.1 Å². The van der Waals surface area contributed by atoms with Gasteiger partial charge >= 0.3 is 0 Å². The highest BCUT2D eigenvalue weighted by Crippen LogP contribution is 2.57. The van der Waals surface area contributed by atoms with E-state index in [1.165, 1.54) is 61.3 Å². The van der Waals surface area contributed by atoms with E-state index in [0.29, 0.717) is 11.8 Å². The number of benzene rings is 5. The van der Waals surface area contributed by atoms with E-state index in [-0.39, 0.29) is 5.41 Å². The second-order valence-electron chi connectivity index (χ2n) is 14.4. The predicted molar refractivity (Wildman–Crippen MR) is 193 cm³/mol. The highest BCUT2D eigenvalue weighted by atomic mass is 15.1. The molecule has 0 amide bonds. The predicted octanol–water partition coefficient (Wildman–Crippen LogP) is 11.4. The maximum absolute atomic E-state index is 5.13. The molecule has 1 heterocycles. The van der Waals surface area contributed by atoms with Crippen molar-refractivity contribution in [3.63, 3.8) is 0 Å². The van der Waals surface area contributed by atoms with Crippen molar-refractivity contribution >= 4 is 0 Å². The van der Waals surface area contributed by atoms with Crippen molar-refractivity contribution in [1.82, 2.24) is 9.55 Å². The first-order valence-electron chi connectivity index (χ1n) is 16.7. The molecule has 0 fully saturated rings. The van der Waals surface area contributed by atoms with Crippen LogP contribution in [0.2, 0.25) is 0 Å². The van der Waals surface area contributed by atoms with Gasteiger partial charge in [0.1, 0.15) is 5.82 Å². The van der Waals surface area contributed by atoms with E-state index >= 15 is 0 Å². The van der Waals surface area contributed by atoms with Gasteiger partial charge in [-0.05, 0) is 73.4 Å². The van der Waals surface area contributed by atoms with E-state index in [0.717, 1.165) is 5.82 Å². The summed E-state index contributed by atoms with van der Waals surface area (Å²) in [6.07, 6.45) is 4.14. The summed E-state index contributed by atoms with van der Waals surface area (Å²) in [4.78, 5) is 5.13. The molecule has 0 bridgehead atoms. The zero-order valence-corrected chi connectivity index (χ0v) is 28.2. The Morgan fingerprint density at radius 2 is 1.15 bits per heavy atom. The van der Waals surface area contributed by atoms with Gasteiger partial charge in [-0.1, -0.05) is 158 Å². The molecule has 7 rings (SSSR count). The van der Waals surface area contributed by atoms with Gasteiger partial charge in [-0.2, -0.15) is 0 Å². The molecule has 1 aromatic heterocycles. The van der Waals surface area contributed by atoms with E-state index in [2.05, 4.69) is 174 Å². The van der Waals surface area contributed by atoms with Gasteiger partial charge in [0, 0.05) is 18.0 Å². The summed E-state index contributed by atoms with van der Waals surface area (Å²) in [5, 5.41) is 0. The molecule has 0 saturated carbocycles. The van der Waals surface area contributed by atoms with Crippen molar-refractivity contribution in [1.29, 1.82) is 0 Å². The van der Waals surface area contributed by atoms with Crippen molar-refractivity contribution < 1.29 is 0 Å². The fourth-order valence-corrected chi connectivity index (χ4v) is 7.77. The largest absolute Gasteiger partial charge is 0.299 e. The van der Waals surface area contributed by atoms with Gasteiger partial charge in [0.2, 0.25) is 0 Å². The third-order valence-electron chi connectivity index (χ3n) is 9.87. The molecule has 0 atom stereocenters. The summed E-state index contributed by atoms with van der Waals surface area (Å²) >= 11 is 0. The molecule has 0 aliphatic heterocycles. The lowest BCUT2D eigenvalue weighted by Gasteiger charge is -2.35. The van der Waals surface area contributed by atoms with Crippen LogP contribution in [0.15, 0.2) is 128 Å². The van der Waals surface area contributed by atoms with Gasteiger partial charge in [-0.3, -0.25) is 4.57 Å². The lowest BCUT2D eigenvalue weighted by molar-refractivity contribution is 0.589. The summed E-state index contributed by atoms with van der Waals surface area (Å²) < 4.78 is 2.37. The van der Waals surface area contributed by atoms with Crippen LogP contribution in [0.3, 0.4) is 0 Å². The highest BCUT2D eigenvalue weighted by Gasteiger charge is 2.47. The second-order valence-corrected chi connectivity index (χ2v) is 14.4. The van der Waals surface area contributed by atoms with Crippen LogP contribution in [-0.2, 0) is 10.8 Å². The SMILES string of the molecule is CC(C)c1cccc(C(C)C)c1-n1ccnc1-c1cc2c(cc1C(C)(C)C)C(c1ccccc1)(c1ccccc1)c1ccccc1-2. The van der Waals surface area contributed by atoms with Crippen molar-refractivity contribution in [3.8, 4) is 28.2 Å². The Bertz CT molecular complexity index is 1950. The molecule has 0 spiro atoms. The monoisotopic (exact) mass is 600 g/mol. The van der Waals surface area contributed by atoms with Crippen LogP contribution < -0.4 is 0 Å². The molecular formula is C44H44N2. The van der Waals surface area contributed by atoms with Crippen LogP contribution in [-0.4, -0.2) is 9.55 Å². The van der Waals surface area contributed by atoms with E-state index < -0.39 is 5.41 Å². The number of aromatic nitrogens is 2. The zero-order chi connectivity index (χ0) is 32.2. The normalized spacial score (nSPS) is 13.7. The Morgan fingerprint density at radius 3 is 1.72 bits per heavy atom. The van der Waals surface area contributed by atoms with Crippen LogP contribution >= 0.6 is 0 Å². The van der Waals surface area contributed by atoms with Crippen molar-refractivity contribution in [2.45, 2.75) is 71.1 Å². The third kappa shape index (κ3) is 4.57. The van der Waals surface area contributed by atoms with Gasteiger partial charge in [-0.15, -0.1) is 0 Å². The van der Waals surface area contributed by atoms with E-state index in [1.54, 1.807) is 0 Å². The molecule has 6 aromatic rings. The summed E-state index contributed by atoms with van der Waals surface area (Å²) in [6, 6.07) is 42.9. The maximum Gasteiger partial charge on any atom is 0.144 e. The minimum atomic E-state index is -0.433. The maximum atomic E-state index is 5.13. The van der Waals surface area contributed by atoms with Crippen LogP contribution in [0.1, 0.15) is 99.2 Å². The highest BCUT2D eigenvalue weighted by molar-refractivity contribution is 5.89. The average molecular weight is 601 g/mol. The summed E-state index contributed by atoms with van der Waals surface area (Å²) in [5.74, 6) is 1.77. The first-order chi connectivity index (χ1) is 22.1. The molecular weight excluding hydrogens is 556 g/mol. The Kier molecular flexibility index (Phi) is 7.35. The zero-order valence-electron chi connectivity index (χ0n) is 28.2. The Morgan fingerprint density at radius 1 is 0.587 bits per heavy atom. The smallest absolute Gasteiger partial charge is 0.144 e. The fraction of sp³-hybridized carbons (Fsp3) is 0.250. The van der Waals surface area contributed by atoms with Gasteiger partial charge < -0.3 is 0 Å². The molecule has 230 valence electrons. The van der Waals surface area contributed by atoms with Crippen LogP contribution in [0, 0.1) is 0 Å². The molecule has 46 heavy (non-hydrogen) atoms. The van der Waals surface area contributed by atoms with Gasteiger partial charge in [0.25, 0.3) is 0 Å². The van der Waals surface area contributed by atoms with Crippen molar-refractivity contribution in [2.24, 2.45) is 0 Å². The minimum absolute atomic E-state index is 0.131. The van der Waals surface area contributed by atoms with Gasteiger partial charge in [0.15, 0.2) is 0 Å². The molecule has 1 aliphatic rings. The molecule has 5 aromatic carbocycles. The Hall–Kier alpha value is -4.69. The number of para-hydroxylation sites is 1. The lowest BCUT2D eigenvalue weighted by atomic mass is 9.66. The Balaban J connectivity index is 1.59. The lowest BCUT2D eigenvalue weighted by Crippen LogP contribution is -2.29. The van der Waals surface area contributed by atoms with Crippen molar-refractivity contribution in [3.05, 3.63) is 167 Å². The fourth-order valence-electron chi connectivity index (χ4n) is 7.77. The number of rotatable bonds is 6. The van der Waals surface area contributed by atoms with Crippen LogP contribution in [0.4, 0.5) is 0 Å². The number of hydrogen-bond acceptors (Lipinski definition) is 1. The number of imidazole rings is 1. The van der Waals surface area contributed by atoms with E-state index in [1.807, 2.05) is 6.20 Å². The molecule has 1 aliphatic carbocycles. The topological polar surface area (TPSA) is 17.8 Å². The van der Waals surface area contributed by atoms with Crippen LogP contribution in [0.5, 0.6) is 0 Å².